The lowest BCUT2D eigenvalue weighted by atomic mass is 9.96. The van der Waals surface area contributed by atoms with Crippen LogP contribution in [0.2, 0.25) is 0 Å². The molecule has 1 saturated carbocycles. The molecule has 2 heterocycles. The van der Waals surface area contributed by atoms with E-state index in [2.05, 4.69) is 5.32 Å². The van der Waals surface area contributed by atoms with Gasteiger partial charge in [-0.25, -0.2) is 13.2 Å². The molecule has 0 bridgehead atoms. The maximum absolute atomic E-state index is 12.8. The van der Waals surface area contributed by atoms with Crippen LogP contribution in [0.3, 0.4) is 0 Å². The first-order chi connectivity index (χ1) is 15.3. The maximum Gasteiger partial charge on any atom is 0.416 e. The first-order valence-corrected chi connectivity index (χ1v) is 11.9. The zero-order valence-electron chi connectivity index (χ0n) is 17.8. The molecule has 4 amide bonds. The molecule has 1 aliphatic carbocycles. The quantitative estimate of drug-likeness (QED) is 0.628. The number of benzene rings is 1. The lowest BCUT2D eigenvalue weighted by molar-refractivity contribution is -0.139. The summed E-state index contributed by atoms with van der Waals surface area (Å²) in [5, 5.41) is 2.67. The average Bonchev–Trinajstić information content (AvgIpc) is 3.59. The van der Waals surface area contributed by atoms with E-state index < -0.39 is 51.7 Å². The van der Waals surface area contributed by atoms with Gasteiger partial charge in [-0.15, -0.1) is 0 Å². The maximum atomic E-state index is 12.8. The van der Waals surface area contributed by atoms with E-state index >= 15 is 0 Å². The summed E-state index contributed by atoms with van der Waals surface area (Å²) in [7, 11) is -4.03. The van der Waals surface area contributed by atoms with E-state index in [-0.39, 0.29) is 37.0 Å². The minimum Gasteiger partial charge on any atom is -0.338 e. The highest BCUT2D eigenvalue weighted by Crippen LogP contribution is 2.42. The zero-order valence-corrected chi connectivity index (χ0v) is 18.6. The van der Waals surface area contributed by atoms with Gasteiger partial charge in [-0.05, 0) is 49.9 Å². The molecule has 4 rings (SSSR count). The van der Waals surface area contributed by atoms with Gasteiger partial charge in [-0.1, -0.05) is 0 Å². The van der Waals surface area contributed by atoms with Crippen LogP contribution in [-0.4, -0.2) is 78.6 Å². The molecule has 3 fully saturated rings. The minimum absolute atomic E-state index is 0.0300. The molecule has 0 radical (unpaired) electrons. The fraction of sp³-hybridized carbons (Fsp3) is 0.550. The summed E-state index contributed by atoms with van der Waals surface area (Å²) in [6.07, 6.45) is -2.91. The molecule has 1 aromatic carbocycles. The van der Waals surface area contributed by atoms with Gasteiger partial charge in [0, 0.05) is 26.2 Å². The third-order valence-electron chi connectivity index (χ3n) is 6.40. The highest BCUT2D eigenvalue weighted by molar-refractivity contribution is 7.89. The average molecular weight is 488 g/mol. The molecule has 180 valence electrons. The van der Waals surface area contributed by atoms with Crippen LogP contribution in [0, 0.1) is 5.92 Å². The van der Waals surface area contributed by atoms with Gasteiger partial charge in [0.25, 0.3) is 5.91 Å². The van der Waals surface area contributed by atoms with E-state index in [4.69, 9.17) is 0 Å². The number of carbonyl (C=O) groups excluding carboxylic acids is 3. The molecule has 1 atom stereocenters. The van der Waals surface area contributed by atoms with E-state index in [9.17, 15) is 36.0 Å². The van der Waals surface area contributed by atoms with Crippen LogP contribution in [0.25, 0.3) is 0 Å². The normalized spacial score (nSPS) is 24.8. The Balaban J connectivity index is 1.36. The Morgan fingerprint density at radius 1 is 1.09 bits per heavy atom. The lowest BCUT2D eigenvalue weighted by Gasteiger charge is -2.34. The van der Waals surface area contributed by atoms with E-state index in [0.717, 1.165) is 34.2 Å². The molecular formula is C20H23F3N4O5S. The second kappa shape index (κ2) is 7.97. The minimum atomic E-state index is -4.57. The van der Waals surface area contributed by atoms with Crippen LogP contribution >= 0.6 is 0 Å². The van der Waals surface area contributed by atoms with Gasteiger partial charge in [0.15, 0.2) is 0 Å². The Labute approximate surface area is 188 Å². The van der Waals surface area contributed by atoms with Crippen molar-refractivity contribution in [3.8, 4) is 0 Å². The van der Waals surface area contributed by atoms with E-state index in [1.807, 2.05) is 0 Å². The van der Waals surface area contributed by atoms with Crippen molar-refractivity contribution in [2.24, 2.45) is 5.92 Å². The predicted molar refractivity (Wildman–Crippen MR) is 108 cm³/mol. The number of nitrogens with one attached hydrogen (secondary N) is 1. The molecule has 33 heavy (non-hydrogen) atoms. The van der Waals surface area contributed by atoms with Crippen molar-refractivity contribution < 1.29 is 36.0 Å². The fourth-order valence-electron chi connectivity index (χ4n) is 4.17. The number of piperazine rings is 1. The third-order valence-corrected chi connectivity index (χ3v) is 8.31. The number of halogens is 3. The number of urea groups is 1. The monoisotopic (exact) mass is 488 g/mol. The zero-order chi connectivity index (χ0) is 24.2. The van der Waals surface area contributed by atoms with Crippen LogP contribution in [0.15, 0.2) is 29.2 Å². The van der Waals surface area contributed by atoms with Crippen LogP contribution in [0.4, 0.5) is 18.0 Å². The molecule has 3 aliphatic rings. The molecule has 9 nitrogen and oxygen atoms in total. The molecule has 1 N–H and O–H groups in total. The van der Waals surface area contributed by atoms with Crippen molar-refractivity contribution in [2.45, 2.75) is 36.4 Å². The van der Waals surface area contributed by atoms with Gasteiger partial charge in [-0.2, -0.15) is 17.5 Å². The standard InChI is InChI=1S/C20H23F3N4O5S/c1-19(13-2-3-13)17(29)27(18(30)24-19)12-16(28)25-8-10-26(11-9-25)33(31,32)15-6-4-14(5-7-15)20(21,22)23/h4-7,13H,2-3,8-12H2,1H3,(H,24,30). The number of hydrogen-bond acceptors (Lipinski definition) is 5. The first-order valence-electron chi connectivity index (χ1n) is 10.4. The first kappa shape index (κ1) is 23.5. The summed E-state index contributed by atoms with van der Waals surface area (Å²) in [5.41, 5.74) is -1.94. The van der Waals surface area contributed by atoms with Crippen molar-refractivity contribution in [2.75, 3.05) is 32.7 Å². The van der Waals surface area contributed by atoms with Crippen molar-refractivity contribution in [3.63, 3.8) is 0 Å². The number of imide groups is 1. The molecule has 2 aliphatic heterocycles. The Kier molecular flexibility index (Phi) is 5.68. The van der Waals surface area contributed by atoms with Crippen molar-refractivity contribution in [1.29, 1.82) is 0 Å². The number of rotatable bonds is 5. The smallest absolute Gasteiger partial charge is 0.338 e. The van der Waals surface area contributed by atoms with Crippen LogP contribution in [0.5, 0.6) is 0 Å². The van der Waals surface area contributed by atoms with Gasteiger partial charge in [0.2, 0.25) is 15.9 Å². The van der Waals surface area contributed by atoms with Crippen LogP contribution in [0.1, 0.15) is 25.3 Å². The summed E-state index contributed by atoms with van der Waals surface area (Å²) >= 11 is 0. The fourth-order valence-corrected chi connectivity index (χ4v) is 5.60. The number of hydrogen-bond donors (Lipinski definition) is 1. The lowest BCUT2D eigenvalue weighted by Crippen LogP contribution is -2.53. The van der Waals surface area contributed by atoms with E-state index in [1.165, 1.54) is 4.90 Å². The number of alkyl halides is 3. The predicted octanol–water partition coefficient (Wildman–Crippen LogP) is 1.26. The summed E-state index contributed by atoms with van der Waals surface area (Å²) in [5.74, 6) is -0.856. The highest BCUT2D eigenvalue weighted by Gasteiger charge is 2.56. The van der Waals surface area contributed by atoms with Gasteiger partial charge in [-0.3, -0.25) is 14.5 Å². The largest absolute Gasteiger partial charge is 0.416 e. The van der Waals surface area contributed by atoms with Gasteiger partial charge < -0.3 is 10.2 Å². The molecule has 1 aromatic rings. The molecular weight excluding hydrogens is 465 g/mol. The summed E-state index contributed by atoms with van der Waals surface area (Å²) < 4.78 is 64.8. The van der Waals surface area contributed by atoms with E-state index in [0.29, 0.717) is 12.1 Å². The van der Waals surface area contributed by atoms with Crippen molar-refractivity contribution >= 4 is 27.9 Å². The summed E-state index contributed by atoms with van der Waals surface area (Å²) in [6, 6.07) is 2.61. The number of sulfonamides is 1. The Morgan fingerprint density at radius 2 is 1.67 bits per heavy atom. The molecule has 13 heteroatoms. The third kappa shape index (κ3) is 4.31. The number of nitrogens with zero attached hydrogens (tertiary/aromatic N) is 3. The highest BCUT2D eigenvalue weighted by atomic mass is 32.2. The summed E-state index contributed by atoms with van der Waals surface area (Å²) in [4.78, 5) is 39.6. The van der Waals surface area contributed by atoms with Gasteiger partial charge >= 0.3 is 12.2 Å². The Hall–Kier alpha value is -2.67. The topological polar surface area (TPSA) is 107 Å². The Bertz CT molecular complexity index is 1080. The molecule has 2 saturated heterocycles. The summed E-state index contributed by atoms with van der Waals surface area (Å²) in [6.45, 7) is 1.16. The van der Waals surface area contributed by atoms with Crippen molar-refractivity contribution in [3.05, 3.63) is 29.8 Å². The van der Waals surface area contributed by atoms with Gasteiger partial charge in [0.05, 0.1) is 10.5 Å². The molecule has 0 aromatic heterocycles. The van der Waals surface area contributed by atoms with Crippen LogP contribution < -0.4 is 5.32 Å². The van der Waals surface area contributed by atoms with Gasteiger partial charge in [0.1, 0.15) is 12.1 Å². The number of amides is 4. The van der Waals surface area contributed by atoms with E-state index in [1.54, 1.807) is 6.92 Å². The molecule has 1 unspecified atom stereocenters. The van der Waals surface area contributed by atoms with Crippen molar-refractivity contribution in [1.82, 2.24) is 19.4 Å². The second-order valence-corrected chi connectivity index (χ2v) is 10.5. The second-order valence-electron chi connectivity index (χ2n) is 8.61. The van der Waals surface area contributed by atoms with Crippen LogP contribution in [-0.2, 0) is 25.8 Å². The Morgan fingerprint density at radius 3 is 2.18 bits per heavy atom. The SMILES string of the molecule is CC1(C2CC2)NC(=O)N(CC(=O)N2CCN(S(=O)(=O)c3ccc(C(F)(F)F)cc3)CC2)C1=O. The number of carbonyl (C=O) groups is 3. The molecule has 0 spiro atoms.